The van der Waals surface area contributed by atoms with Crippen LogP contribution in [0.2, 0.25) is 0 Å². The Morgan fingerprint density at radius 2 is 2.14 bits per heavy atom. The van der Waals surface area contributed by atoms with Crippen LogP contribution in [-0.2, 0) is 4.79 Å². The van der Waals surface area contributed by atoms with Crippen LogP contribution in [0, 0.1) is 11.2 Å². The Kier molecular flexibility index (Phi) is 6.78. The highest BCUT2D eigenvalue weighted by Crippen LogP contribution is 2.15. The van der Waals surface area contributed by atoms with Gasteiger partial charge in [0.2, 0.25) is 5.91 Å². The van der Waals surface area contributed by atoms with E-state index in [0.717, 1.165) is 19.5 Å². The summed E-state index contributed by atoms with van der Waals surface area (Å²) in [4.78, 5) is 14.2. The lowest BCUT2D eigenvalue weighted by molar-refractivity contribution is -0.117. The van der Waals surface area contributed by atoms with Gasteiger partial charge >= 0.3 is 0 Å². The molecule has 0 spiro atoms. The number of nitrogens with two attached hydrogens (primary N) is 1. The van der Waals surface area contributed by atoms with E-state index in [1.165, 1.54) is 12.1 Å². The third kappa shape index (κ3) is 6.69. The molecule has 118 valence electrons. The smallest absolute Gasteiger partial charge is 0.238 e. The second kappa shape index (κ2) is 8.10. The zero-order valence-electron chi connectivity index (χ0n) is 13.2. The molecular formula is C16H26FN3O. The van der Waals surface area contributed by atoms with Crippen molar-refractivity contribution < 1.29 is 9.18 Å². The summed E-state index contributed by atoms with van der Waals surface area (Å²) in [6, 6.07) is 5.91. The van der Waals surface area contributed by atoms with Gasteiger partial charge in [0.25, 0.3) is 0 Å². The molecule has 0 atom stereocenters. The second-order valence-electron chi connectivity index (χ2n) is 6.14. The molecule has 0 aliphatic rings. The normalized spacial score (nSPS) is 11.7. The van der Waals surface area contributed by atoms with Crippen molar-refractivity contribution in [2.24, 2.45) is 11.1 Å². The van der Waals surface area contributed by atoms with Gasteiger partial charge < -0.3 is 11.1 Å². The number of rotatable bonds is 8. The van der Waals surface area contributed by atoms with Gasteiger partial charge in [-0.25, -0.2) is 4.39 Å². The molecule has 0 aliphatic heterocycles. The van der Waals surface area contributed by atoms with E-state index in [2.05, 4.69) is 31.0 Å². The highest BCUT2D eigenvalue weighted by atomic mass is 19.1. The predicted molar refractivity (Wildman–Crippen MR) is 84.6 cm³/mol. The fourth-order valence-electron chi connectivity index (χ4n) is 2.17. The highest BCUT2D eigenvalue weighted by molar-refractivity contribution is 5.92. The molecular weight excluding hydrogens is 269 g/mol. The molecule has 1 rings (SSSR count). The zero-order valence-corrected chi connectivity index (χ0v) is 13.2. The van der Waals surface area contributed by atoms with Crippen LogP contribution in [0.5, 0.6) is 0 Å². The summed E-state index contributed by atoms with van der Waals surface area (Å²) in [6.07, 6.45) is 0.966. The van der Waals surface area contributed by atoms with Crippen molar-refractivity contribution in [3.05, 3.63) is 30.1 Å². The number of nitrogens with zero attached hydrogens (tertiary/aromatic N) is 1. The molecule has 0 unspecified atom stereocenters. The molecule has 0 saturated heterocycles. The molecule has 3 N–H and O–H groups in total. The zero-order chi connectivity index (χ0) is 15.9. The van der Waals surface area contributed by atoms with Gasteiger partial charge in [-0.2, -0.15) is 0 Å². The molecule has 0 saturated carbocycles. The van der Waals surface area contributed by atoms with Gasteiger partial charge in [0.05, 0.1) is 6.54 Å². The molecule has 5 heteroatoms. The minimum absolute atomic E-state index is 0.0334. The fraction of sp³-hybridized carbons (Fsp3) is 0.562. The third-order valence-corrected chi connectivity index (χ3v) is 3.22. The Balaban J connectivity index is 2.60. The molecule has 4 nitrogen and oxygen atoms in total. The predicted octanol–water partition coefficient (Wildman–Crippen LogP) is 2.46. The van der Waals surface area contributed by atoms with Crippen molar-refractivity contribution in [3.8, 4) is 0 Å². The molecule has 0 aromatic heterocycles. The average Bonchev–Trinajstić information content (AvgIpc) is 2.38. The molecule has 0 fully saturated rings. The van der Waals surface area contributed by atoms with Crippen molar-refractivity contribution in [3.63, 3.8) is 0 Å². The monoisotopic (exact) mass is 295 g/mol. The number of hydrogen-bond donors (Lipinski definition) is 2. The number of amides is 1. The first-order valence-electron chi connectivity index (χ1n) is 7.34. The molecule has 1 aromatic rings. The standard InChI is InChI=1S/C16H26FN3O/c1-4-8-20(12-16(2,3)11-18)10-15(21)19-14-7-5-6-13(17)9-14/h5-7,9H,4,8,10-12,18H2,1-3H3,(H,19,21). The van der Waals surface area contributed by atoms with Crippen LogP contribution in [0.25, 0.3) is 0 Å². The Morgan fingerprint density at radius 1 is 1.43 bits per heavy atom. The molecule has 1 amide bonds. The minimum Gasteiger partial charge on any atom is -0.330 e. The van der Waals surface area contributed by atoms with Crippen LogP contribution in [-0.4, -0.2) is 37.0 Å². The van der Waals surface area contributed by atoms with Gasteiger partial charge in [-0.15, -0.1) is 0 Å². The lowest BCUT2D eigenvalue weighted by Crippen LogP contribution is -2.42. The first-order valence-corrected chi connectivity index (χ1v) is 7.34. The number of halogens is 1. The largest absolute Gasteiger partial charge is 0.330 e. The molecule has 0 bridgehead atoms. The summed E-state index contributed by atoms with van der Waals surface area (Å²) in [5.41, 5.74) is 6.20. The maximum absolute atomic E-state index is 13.1. The van der Waals surface area contributed by atoms with E-state index in [9.17, 15) is 9.18 Å². The minimum atomic E-state index is -0.359. The third-order valence-electron chi connectivity index (χ3n) is 3.22. The number of carbonyl (C=O) groups is 1. The first-order chi connectivity index (χ1) is 9.86. The van der Waals surface area contributed by atoms with E-state index in [-0.39, 0.29) is 23.7 Å². The number of nitrogens with one attached hydrogen (secondary N) is 1. The van der Waals surface area contributed by atoms with E-state index in [1.54, 1.807) is 12.1 Å². The Hall–Kier alpha value is -1.46. The SMILES string of the molecule is CCCN(CC(=O)Nc1cccc(F)c1)CC(C)(C)CN. The number of anilines is 1. The van der Waals surface area contributed by atoms with Gasteiger partial charge in [-0.05, 0) is 43.1 Å². The molecule has 0 radical (unpaired) electrons. The summed E-state index contributed by atoms with van der Waals surface area (Å²) >= 11 is 0. The average molecular weight is 295 g/mol. The molecule has 21 heavy (non-hydrogen) atoms. The van der Waals surface area contributed by atoms with Crippen molar-refractivity contribution in [1.29, 1.82) is 0 Å². The van der Waals surface area contributed by atoms with Crippen molar-refractivity contribution in [1.82, 2.24) is 4.90 Å². The summed E-state index contributed by atoms with van der Waals surface area (Å²) < 4.78 is 13.1. The van der Waals surface area contributed by atoms with Crippen LogP contribution < -0.4 is 11.1 Å². The lowest BCUT2D eigenvalue weighted by atomic mass is 9.93. The summed E-state index contributed by atoms with van der Waals surface area (Å²) in [5, 5.41) is 2.72. The second-order valence-corrected chi connectivity index (χ2v) is 6.14. The van der Waals surface area contributed by atoms with Crippen molar-refractivity contribution in [2.45, 2.75) is 27.2 Å². The van der Waals surface area contributed by atoms with Gasteiger partial charge in [0.1, 0.15) is 5.82 Å². The van der Waals surface area contributed by atoms with Crippen molar-refractivity contribution >= 4 is 11.6 Å². The van der Waals surface area contributed by atoms with Crippen LogP contribution >= 0.6 is 0 Å². The Morgan fingerprint density at radius 3 is 2.71 bits per heavy atom. The maximum atomic E-state index is 13.1. The van der Waals surface area contributed by atoms with Gasteiger partial charge in [-0.3, -0.25) is 9.69 Å². The summed E-state index contributed by atoms with van der Waals surface area (Å²) in [7, 11) is 0. The molecule has 0 aliphatic carbocycles. The van der Waals surface area contributed by atoms with E-state index in [1.807, 2.05) is 0 Å². The first kappa shape index (κ1) is 17.6. The van der Waals surface area contributed by atoms with Crippen LogP contribution in [0.3, 0.4) is 0 Å². The maximum Gasteiger partial charge on any atom is 0.238 e. The Bertz CT molecular complexity index is 463. The number of benzene rings is 1. The van der Waals surface area contributed by atoms with E-state index in [0.29, 0.717) is 12.2 Å². The van der Waals surface area contributed by atoms with Gasteiger partial charge in [-0.1, -0.05) is 26.8 Å². The lowest BCUT2D eigenvalue weighted by Gasteiger charge is -2.31. The molecule has 0 heterocycles. The van der Waals surface area contributed by atoms with E-state index < -0.39 is 0 Å². The topological polar surface area (TPSA) is 58.4 Å². The van der Waals surface area contributed by atoms with E-state index in [4.69, 9.17) is 5.73 Å². The Labute approximate surface area is 126 Å². The van der Waals surface area contributed by atoms with Crippen LogP contribution in [0.15, 0.2) is 24.3 Å². The summed E-state index contributed by atoms with van der Waals surface area (Å²) in [5.74, 6) is -0.496. The molecule has 1 aromatic carbocycles. The number of hydrogen-bond acceptors (Lipinski definition) is 3. The fourth-order valence-corrected chi connectivity index (χ4v) is 2.17. The quantitative estimate of drug-likeness (QED) is 0.774. The van der Waals surface area contributed by atoms with E-state index >= 15 is 0 Å². The summed E-state index contributed by atoms with van der Waals surface area (Å²) in [6.45, 7) is 8.69. The van der Waals surface area contributed by atoms with Gasteiger partial charge in [0, 0.05) is 12.2 Å². The van der Waals surface area contributed by atoms with Crippen molar-refractivity contribution in [2.75, 3.05) is 31.5 Å². The van der Waals surface area contributed by atoms with Gasteiger partial charge in [0.15, 0.2) is 0 Å². The van der Waals surface area contributed by atoms with Crippen LogP contribution in [0.1, 0.15) is 27.2 Å². The highest BCUT2D eigenvalue weighted by Gasteiger charge is 2.21. The van der Waals surface area contributed by atoms with Crippen LogP contribution in [0.4, 0.5) is 10.1 Å². The number of carbonyl (C=O) groups excluding carboxylic acids is 1.